The van der Waals surface area contributed by atoms with E-state index in [1.165, 1.54) is 5.56 Å². The van der Waals surface area contributed by atoms with Crippen LogP contribution < -0.4 is 0 Å². The smallest absolute Gasteiger partial charge is 0.114 e. The molecule has 0 aliphatic heterocycles. The maximum absolute atomic E-state index is 5.26. The van der Waals surface area contributed by atoms with E-state index in [4.69, 9.17) is 4.42 Å². The number of rotatable bonds is 7. The van der Waals surface area contributed by atoms with Crippen LogP contribution in [0.4, 0.5) is 0 Å². The van der Waals surface area contributed by atoms with E-state index in [0.29, 0.717) is 0 Å². The molecule has 0 spiro atoms. The largest absolute Gasteiger partial charge is 0.468 e. The van der Waals surface area contributed by atoms with Gasteiger partial charge in [0.25, 0.3) is 0 Å². The van der Waals surface area contributed by atoms with Crippen LogP contribution in [0.2, 0.25) is 0 Å². The first kappa shape index (κ1) is 13.7. The summed E-state index contributed by atoms with van der Waals surface area (Å²) in [6.45, 7) is 0. The van der Waals surface area contributed by atoms with Gasteiger partial charge >= 0.3 is 0 Å². The van der Waals surface area contributed by atoms with Gasteiger partial charge in [-0.25, -0.2) is 0 Å². The summed E-state index contributed by atoms with van der Waals surface area (Å²) in [6.07, 6.45) is 6.07. The van der Waals surface area contributed by atoms with E-state index >= 15 is 0 Å². The molecule has 0 amide bonds. The fourth-order valence-corrected chi connectivity index (χ4v) is 4.60. The highest BCUT2D eigenvalue weighted by Crippen LogP contribution is 2.36. The van der Waals surface area contributed by atoms with Crippen molar-refractivity contribution in [3.05, 3.63) is 66.1 Å². The van der Waals surface area contributed by atoms with E-state index < -0.39 is 0 Å². The molecule has 4 heteroatoms. The van der Waals surface area contributed by atoms with Gasteiger partial charge in [0.05, 0.1) is 12.0 Å². The fourth-order valence-electron chi connectivity index (χ4n) is 1.33. The number of furan rings is 1. The van der Waals surface area contributed by atoms with Crippen LogP contribution in [0.15, 0.2) is 59.2 Å². The third-order valence-electron chi connectivity index (χ3n) is 2.15. The van der Waals surface area contributed by atoms with Crippen LogP contribution in [-0.2, 0) is 5.75 Å². The quantitative estimate of drug-likeness (QED) is 0.492. The first-order valence-electron chi connectivity index (χ1n) is 5.60. The van der Waals surface area contributed by atoms with E-state index in [1.54, 1.807) is 6.26 Å². The predicted molar refractivity (Wildman–Crippen MR) is 85.5 cm³/mol. The van der Waals surface area contributed by atoms with Gasteiger partial charge < -0.3 is 4.42 Å². The van der Waals surface area contributed by atoms with E-state index in [-0.39, 0.29) is 0 Å². The molecule has 0 aliphatic carbocycles. The lowest BCUT2D eigenvalue weighted by Gasteiger charge is -1.96. The van der Waals surface area contributed by atoms with Crippen LogP contribution in [-0.4, -0.2) is 5.75 Å². The Bertz CT molecular complexity index is 451. The molecule has 0 fully saturated rings. The fraction of sp³-hybridized carbons (Fsp3) is 0.143. The average molecular weight is 294 g/mol. The second-order valence-electron chi connectivity index (χ2n) is 3.51. The van der Waals surface area contributed by atoms with E-state index in [2.05, 4.69) is 36.4 Å². The van der Waals surface area contributed by atoms with Crippen molar-refractivity contribution in [1.82, 2.24) is 0 Å². The van der Waals surface area contributed by atoms with Gasteiger partial charge in [-0.05, 0) is 27.5 Å². The molecule has 0 unspecified atom stereocenters. The first-order chi connectivity index (χ1) is 8.95. The second-order valence-corrected chi connectivity index (χ2v) is 7.78. The normalized spacial score (nSPS) is 11.1. The monoisotopic (exact) mass is 294 g/mol. The van der Waals surface area contributed by atoms with E-state index in [9.17, 15) is 0 Å². The zero-order valence-electron chi connectivity index (χ0n) is 9.82. The van der Waals surface area contributed by atoms with Crippen LogP contribution in [0.1, 0.15) is 11.3 Å². The summed E-state index contributed by atoms with van der Waals surface area (Å²) in [5.41, 5.74) is 1.26. The Morgan fingerprint density at radius 2 is 1.89 bits per heavy atom. The van der Waals surface area contributed by atoms with Crippen molar-refractivity contribution >= 4 is 37.5 Å². The van der Waals surface area contributed by atoms with Crippen LogP contribution in [0.25, 0.3) is 6.08 Å². The molecule has 2 rings (SSSR count). The van der Waals surface area contributed by atoms with Crippen LogP contribution in [0.5, 0.6) is 0 Å². The SMILES string of the molecule is C(=Cc1ccccc1)CSSSCc1ccco1. The Balaban J connectivity index is 1.55. The summed E-state index contributed by atoms with van der Waals surface area (Å²) >= 11 is 0. The van der Waals surface area contributed by atoms with Gasteiger partial charge in [-0.1, -0.05) is 64.1 Å². The number of hydrogen-bond donors (Lipinski definition) is 0. The van der Waals surface area contributed by atoms with Gasteiger partial charge in [0.2, 0.25) is 0 Å². The molecular formula is C14H14OS3. The Hall–Kier alpha value is -0.710. The summed E-state index contributed by atoms with van der Waals surface area (Å²) in [4.78, 5) is 0. The van der Waals surface area contributed by atoms with E-state index in [1.807, 2.05) is 49.6 Å². The molecule has 94 valence electrons. The van der Waals surface area contributed by atoms with Gasteiger partial charge in [-0.2, -0.15) is 0 Å². The molecule has 0 saturated carbocycles. The second kappa shape index (κ2) is 8.40. The lowest BCUT2D eigenvalue weighted by atomic mass is 10.2. The molecule has 0 aliphatic rings. The molecule has 0 atom stereocenters. The lowest BCUT2D eigenvalue weighted by molar-refractivity contribution is 0.530. The molecular weight excluding hydrogens is 280 g/mol. The van der Waals surface area contributed by atoms with Crippen LogP contribution in [0, 0.1) is 0 Å². The van der Waals surface area contributed by atoms with Crippen molar-refractivity contribution in [2.45, 2.75) is 5.75 Å². The Morgan fingerprint density at radius 1 is 1.00 bits per heavy atom. The highest BCUT2D eigenvalue weighted by molar-refractivity contribution is 9.09. The van der Waals surface area contributed by atoms with Crippen molar-refractivity contribution in [2.75, 3.05) is 5.75 Å². The van der Waals surface area contributed by atoms with Crippen LogP contribution >= 0.6 is 31.4 Å². The van der Waals surface area contributed by atoms with Crippen molar-refractivity contribution in [3.8, 4) is 0 Å². The zero-order chi connectivity index (χ0) is 12.5. The highest BCUT2D eigenvalue weighted by Gasteiger charge is 1.95. The Morgan fingerprint density at radius 3 is 2.67 bits per heavy atom. The third kappa shape index (κ3) is 5.29. The standard InChI is InChI=1S/C14H14OS3/c1-2-6-13(7-3-1)8-5-11-16-18-17-12-14-9-4-10-15-14/h1-10H,11-12H2. The van der Waals surface area contributed by atoms with E-state index in [0.717, 1.165) is 17.3 Å². The van der Waals surface area contributed by atoms with Gasteiger partial charge in [0.15, 0.2) is 0 Å². The maximum Gasteiger partial charge on any atom is 0.114 e. The van der Waals surface area contributed by atoms with Crippen molar-refractivity contribution in [1.29, 1.82) is 0 Å². The molecule has 18 heavy (non-hydrogen) atoms. The zero-order valence-corrected chi connectivity index (χ0v) is 12.3. The maximum atomic E-state index is 5.26. The van der Waals surface area contributed by atoms with Crippen LogP contribution in [0.3, 0.4) is 0 Å². The Labute approximate surface area is 119 Å². The topological polar surface area (TPSA) is 13.1 Å². The Kier molecular flexibility index (Phi) is 6.40. The first-order valence-corrected chi connectivity index (χ1v) is 9.42. The molecule has 0 bridgehead atoms. The molecule has 0 radical (unpaired) electrons. The molecule has 1 aromatic carbocycles. The van der Waals surface area contributed by atoms with Crippen molar-refractivity contribution in [3.63, 3.8) is 0 Å². The molecule has 1 aromatic heterocycles. The van der Waals surface area contributed by atoms with Gasteiger partial charge in [0.1, 0.15) is 5.76 Å². The van der Waals surface area contributed by atoms with Crippen molar-refractivity contribution in [2.24, 2.45) is 0 Å². The van der Waals surface area contributed by atoms with Gasteiger partial charge in [0, 0.05) is 5.75 Å². The number of benzene rings is 1. The summed E-state index contributed by atoms with van der Waals surface area (Å²) in [6, 6.07) is 14.3. The van der Waals surface area contributed by atoms with Crippen molar-refractivity contribution < 1.29 is 4.42 Å². The third-order valence-corrected chi connectivity index (χ3v) is 6.15. The molecule has 0 N–H and O–H groups in total. The molecule has 0 saturated heterocycles. The minimum Gasteiger partial charge on any atom is -0.468 e. The minimum atomic E-state index is 0.924. The summed E-state index contributed by atoms with van der Waals surface area (Å²) in [5.74, 6) is 2.98. The summed E-state index contributed by atoms with van der Waals surface area (Å²) in [5, 5.41) is 0. The predicted octanol–water partition coefficient (Wildman–Crippen LogP) is 5.52. The van der Waals surface area contributed by atoms with Gasteiger partial charge in [-0.3, -0.25) is 0 Å². The molecule has 1 nitrogen and oxygen atoms in total. The molecule has 1 heterocycles. The lowest BCUT2D eigenvalue weighted by Crippen LogP contribution is -1.71. The van der Waals surface area contributed by atoms with Gasteiger partial charge in [-0.15, -0.1) is 0 Å². The molecule has 2 aromatic rings. The highest BCUT2D eigenvalue weighted by atomic mass is 33.5. The minimum absolute atomic E-state index is 0.924. The summed E-state index contributed by atoms with van der Waals surface area (Å²) < 4.78 is 5.26. The summed E-state index contributed by atoms with van der Waals surface area (Å²) in [7, 11) is 5.46. The average Bonchev–Trinajstić information content (AvgIpc) is 2.92. The number of hydrogen-bond acceptors (Lipinski definition) is 4.